The molecule has 1 atom stereocenters. The number of carbonyl (C=O) groups excluding carboxylic acids is 3. The maximum Gasteiger partial charge on any atom is 0.232 e. The zero-order chi connectivity index (χ0) is 15.0. The topological polar surface area (TPSA) is 66.5 Å². The van der Waals surface area contributed by atoms with Crippen molar-refractivity contribution in [3.05, 3.63) is 0 Å². The molecule has 0 aromatic rings. The van der Waals surface area contributed by atoms with Crippen LogP contribution in [0.2, 0.25) is 0 Å². The van der Waals surface area contributed by atoms with Gasteiger partial charge in [0.2, 0.25) is 17.7 Å². The van der Waals surface area contributed by atoms with E-state index in [4.69, 9.17) is 0 Å². The molecule has 0 spiro atoms. The van der Waals surface area contributed by atoms with Crippen molar-refractivity contribution in [3.63, 3.8) is 0 Å². The molecule has 1 unspecified atom stereocenters. The van der Waals surface area contributed by atoms with E-state index in [0.717, 1.165) is 12.8 Å². The summed E-state index contributed by atoms with van der Waals surface area (Å²) in [5, 5.41) is 2.84. The summed E-state index contributed by atoms with van der Waals surface area (Å²) < 4.78 is 0. The summed E-state index contributed by atoms with van der Waals surface area (Å²) in [6.45, 7) is 4.81. The Labute approximate surface area is 121 Å². The third-order valence-electron chi connectivity index (χ3n) is 3.63. The third-order valence-corrected chi connectivity index (χ3v) is 3.63. The standard InChI is InChI=1S/C15H26N2O3/c1-3-4-5-6-7-9-16-13(18)8-10-17-14(19)11-12(2)15(17)20/h12H,3-11H2,1-2H3,(H,16,18). The van der Waals surface area contributed by atoms with E-state index in [0.29, 0.717) is 6.54 Å². The predicted octanol–water partition coefficient (Wildman–Crippen LogP) is 1.86. The Morgan fingerprint density at radius 3 is 2.55 bits per heavy atom. The molecule has 1 aliphatic heterocycles. The zero-order valence-corrected chi connectivity index (χ0v) is 12.6. The predicted molar refractivity (Wildman–Crippen MR) is 76.9 cm³/mol. The van der Waals surface area contributed by atoms with Crippen molar-refractivity contribution in [2.75, 3.05) is 13.1 Å². The van der Waals surface area contributed by atoms with Crippen LogP contribution >= 0.6 is 0 Å². The van der Waals surface area contributed by atoms with Gasteiger partial charge >= 0.3 is 0 Å². The first-order chi connectivity index (χ1) is 9.56. The fourth-order valence-corrected chi connectivity index (χ4v) is 2.34. The summed E-state index contributed by atoms with van der Waals surface area (Å²) in [6, 6.07) is 0. The zero-order valence-electron chi connectivity index (χ0n) is 12.6. The van der Waals surface area contributed by atoms with Gasteiger partial charge in [0.15, 0.2) is 0 Å². The van der Waals surface area contributed by atoms with Gasteiger partial charge < -0.3 is 5.32 Å². The lowest BCUT2D eigenvalue weighted by Gasteiger charge is -2.13. The van der Waals surface area contributed by atoms with Gasteiger partial charge in [0.1, 0.15) is 0 Å². The minimum atomic E-state index is -0.232. The highest BCUT2D eigenvalue weighted by molar-refractivity contribution is 6.03. The lowest BCUT2D eigenvalue weighted by atomic mass is 10.1. The second-order valence-electron chi connectivity index (χ2n) is 5.50. The number of amides is 3. The van der Waals surface area contributed by atoms with Crippen LogP contribution in [0.1, 0.15) is 58.8 Å². The lowest BCUT2D eigenvalue weighted by molar-refractivity contribution is -0.139. The summed E-state index contributed by atoms with van der Waals surface area (Å²) in [6.07, 6.45) is 6.27. The van der Waals surface area contributed by atoms with Gasteiger partial charge in [0, 0.05) is 31.8 Å². The third kappa shape index (κ3) is 5.31. The lowest BCUT2D eigenvalue weighted by Crippen LogP contribution is -2.35. The van der Waals surface area contributed by atoms with Gasteiger partial charge in [0.25, 0.3) is 0 Å². The molecule has 114 valence electrons. The minimum Gasteiger partial charge on any atom is -0.356 e. The Morgan fingerprint density at radius 2 is 1.95 bits per heavy atom. The number of carbonyl (C=O) groups is 3. The first kappa shape index (κ1) is 16.7. The van der Waals surface area contributed by atoms with E-state index in [-0.39, 0.29) is 43.0 Å². The van der Waals surface area contributed by atoms with Crippen LogP contribution in [0.3, 0.4) is 0 Å². The van der Waals surface area contributed by atoms with Crippen LogP contribution in [0.4, 0.5) is 0 Å². The fraction of sp³-hybridized carbons (Fsp3) is 0.800. The molecule has 1 aliphatic rings. The molecular weight excluding hydrogens is 256 g/mol. The van der Waals surface area contributed by atoms with Gasteiger partial charge in [-0.1, -0.05) is 39.5 Å². The maximum atomic E-state index is 11.7. The maximum absolute atomic E-state index is 11.7. The smallest absolute Gasteiger partial charge is 0.232 e. The van der Waals surface area contributed by atoms with Crippen LogP contribution in [0.5, 0.6) is 0 Å². The minimum absolute atomic E-state index is 0.0827. The fourth-order valence-electron chi connectivity index (χ4n) is 2.34. The van der Waals surface area contributed by atoms with Crippen LogP contribution in [0, 0.1) is 5.92 Å². The van der Waals surface area contributed by atoms with Crippen molar-refractivity contribution in [2.45, 2.75) is 58.8 Å². The first-order valence-electron chi connectivity index (χ1n) is 7.67. The molecule has 5 nitrogen and oxygen atoms in total. The van der Waals surface area contributed by atoms with Crippen molar-refractivity contribution in [3.8, 4) is 0 Å². The number of nitrogens with zero attached hydrogens (tertiary/aromatic N) is 1. The highest BCUT2D eigenvalue weighted by Gasteiger charge is 2.35. The summed E-state index contributed by atoms with van der Waals surface area (Å²) >= 11 is 0. The van der Waals surface area contributed by atoms with E-state index in [1.807, 2.05) is 0 Å². The molecular formula is C15H26N2O3. The van der Waals surface area contributed by atoms with Crippen molar-refractivity contribution < 1.29 is 14.4 Å². The van der Waals surface area contributed by atoms with E-state index < -0.39 is 0 Å². The Kier molecular flexibility index (Phi) is 7.26. The largest absolute Gasteiger partial charge is 0.356 e. The highest BCUT2D eigenvalue weighted by Crippen LogP contribution is 2.18. The number of nitrogens with one attached hydrogen (secondary N) is 1. The molecule has 1 fully saturated rings. The number of likely N-dealkylation sites (tertiary alicyclic amines) is 1. The summed E-state index contributed by atoms with van der Waals surface area (Å²) in [4.78, 5) is 36.0. The number of unbranched alkanes of at least 4 members (excludes halogenated alkanes) is 4. The van der Waals surface area contributed by atoms with Crippen LogP contribution in [-0.2, 0) is 14.4 Å². The first-order valence-corrected chi connectivity index (χ1v) is 7.67. The molecule has 1 N–H and O–H groups in total. The monoisotopic (exact) mass is 282 g/mol. The molecule has 0 radical (unpaired) electrons. The van der Waals surface area contributed by atoms with E-state index >= 15 is 0 Å². The number of imide groups is 1. The van der Waals surface area contributed by atoms with Crippen LogP contribution < -0.4 is 5.32 Å². The molecule has 0 aromatic carbocycles. The Hall–Kier alpha value is -1.39. The molecule has 20 heavy (non-hydrogen) atoms. The van der Waals surface area contributed by atoms with E-state index in [1.54, 1.807) is 6.92 Å². The van der Waals surface area contributed by atoms with Crippen LogP contribution in [-0.4, -0.2) is 35.7 Å². The second-order valence-corrected chi connectivity index (χ2v) is 5.50. The molecule has 5 heteroatoms. The molecule has 1 heterocycles. The van der Waals surface area contributed by atoms with Gasteiger partial charge in [-0.05, 0) is 6.42 Å². The normalized spacial score (nSPS) is 18.7. The molecule has 3 amide bonds. The Balaban J connectivity index is 2.11. The second kappa shape index (κ2) is 8.72. The number of rotatable bonds is 9. The van der Waals surface area contributed by atoms with Crippen molar-refractivity contribution in [1.29, 1.82) is 0 Å². The van der Waals surface area contributed by atoms with Gasteiger partial charge in [-0.3, -0.25) is 19.3 Å². The molecule has 0 aromatic heterocycles. The van der Waals surface area contributed by atoms with Gasteiger partial charge in [0.05, 0.1) is 0 Å². The van der Waals surface area contributed by atoms with Gasteiger partial charge in [-0.15, -0.1) is 0 Å². The van der Waals surface area contributed by atoms with Crippen molar-refractivity contribution >= 4 is 17.7 Å². The Morgan fingerprint density at radius 1 is 1.25 bits per heavy atom. The molecule has 1 saturated heterocycles. The van der Waals surface area contributed by atoms with Gasteiger partial charge in [-0.2, -0.15) is 0 Å². The summed E-state index contributed by atoms with van der Waals surface area (Å²) in [7, 11) is 0. The quantitative estimate of drug-likeness (QED) is 0.518. The Bertz CT molecular complexity index is 355. The molecule has 0 aliphatic carbocycles. The van der Waals surface area contributed by atoms with Gasteiger partial charge in [-0.25, -0.2) is 0 Å². The average molecular weight is 282 g/mol. The summed E-state index contributed by atoms with van der Waals surface area (Å²) in [5.41, 5.74) is 0. The average Bonchev–Trinajstić information content (AvgIpc) is 2.65. The highest BCUT2D eigenvalue weighted by atomic mass is 16.2. The van der Waals surface area contributed by atoms with E-state index in [1.165, 1.54) is 24.2 Å². The molecule has 0 bridgehead atoms. The van der Waals surface area contributed by atoms with Crippen LogP contribution in [0.15, 0.2) is 0 Å². The number of hydrogen-bond donors (Lipinski definition) is 1. The number of hydrogen-bond acceptors (Lipinski definition) is 3. The summed E-state index contributed by atoms with van der Waals surface area (Å²) in [5.74, 6) is -0.623. The molecule has 0 saturated carbocycles. The van der Waals surface area contributed by atoms with E-state index in [9.17, 15) is 14.4 Å². The van der Waals surface area contributed by atoms with E-state index in [2.05, 4.69) is 12.2 Å². The molecule has 1 rings (SSSR count). The SMILES string of the molecule is CCCCCCCNC(=O)CCN1C(=O)CC(C)C1=O. The van der Waals surface area contributed by atoms with Crippen molar-refractivity contribution in [1.82, 2.24) is 10.2 Å². The van der Waals surface area contributed by atoms with Crippen LogP contribution in [0.25, 0.3) is 0 Å². The van der Waals surface area contributed by atoms with Crippen molar-refractivity contribution in [2.24, 2.45) is 5.92 Å².